The van der Waals surface area contributed by atoms with Gasteiger partial charge in [-0.25, -0.2) is 4.39 Å². The molecule has 2 unspecified atom stereocenters. The molecular formula is C17H26FNO2. The lowest BCUT2D eigenvalue weighted by Crippen LogP contribution is -2.30. The van der Waals surface area contributed by atoms with Crippen molar-refractivity contribution in [1.82, 2.24) is 5.32 Å². The highest BCUT2D eigenvalue weighted by Gasteiger charge is 2.25. The smallest absolute Gasteiger partial charge is 0.123 e. The van der Waals surface area contributed by atoms with Crippen LogP contribution >= 0.6 is 0 Å². The van der Waals surface area contributed by atoms with Crippen LogP contribution in [0, 0.1) is 18.7 Å². The maximum atomic E-state index is 13.0. The summed E-state index contributed by atoms with van der Waals surface area (Å²) in [6.07, 6.45) is 2.52. The predicted octanol–water partition coefficient (Wildman–Crippen LogP) is 3.31. The van der Waals surface area contributed by atoms with Gasteiger partial charge >= 0.3 is 0 Å². The summed E-state index contributed by atoms with van der Waals surface area (Å²) in [5, 5.41) is 3.43. The molecule has 0 amide bonds. The standard InChI is InChI=1S/C17H26FNO2/c1-12(2)9-19-10-15-5-6-16(21-15)11-20-17-7-4-14(18)8-13(17)3/h4,7-8,12,15-16,19H,5-6,9-11H2,1-3H3. The van der Waals surface area contributed by atoms with Gasteiger partial charge in [-0.1, -0.05) is 13.8 Å². The summed E-state index contributed by atoms with van der Waals surface area (Å²) in [6.45, 7) is 8.72. The zero-order chi connectivity index (χ0) is 15.2. The van der Waals surface area contributed by atoms with Gasteiger partial charge < -0.3 is 14.8 Å². The SMILES string of the molecule is Cc1cc(F)ccc1OCC1CCC(CNCC(C)C)O1. The van der Waals surface area contributed by atoms with Crippen LogP contribution in [0.15, 0.2) is 18.2 Å². The van der Waals surface area contributed by atoms with Gasteiger partial charge in [-0.15, -0.1) is 0 Å². The number of rotatable bonds is 7. The Labute approximate surface area is 126 Å². The first-order valence-electron chi connectivity index (χ1n) is 7.79. The van der Waals surface area contributed by atoms with Crippen LogP contribution in [0.5, 0.6) is 5.75 Å². The van der Waals surface area contributed by atoms with E-state index < -0.39 is 0 Å². The molecule has 2 atom stereocenters. The van der Waals surface area contributed by atoms with Crippen molar-refractivity contribution in [2.24, 2.45) is 5.92 Å². The zero-order valence-electron chi connectivity index (χ0n) is 13.2. The summed E-state index contributed by atoms with van der Waals surface area (Å²) in [6, 6.07) is 4.60. The van der Waals surface area contributed by atoms with E-state index in [1.54, 1.807) is 6.07 Å². The van der Waals surface area contributed by atoms with Crippen LogP contribution in [0.1, 0.15) is 32.3 Å². The summed E-state index contributed by atoms with van der Waals surface area (Å²) in [5.41, 5.74) is 0.822. The lowest BCUT2D eigenvalue weighted by Gasteiger charge is -2.16. The molecule has 0 aliphatic carbocycles. The first kappa shape index (κ1) is 16.2. The zero-order valence-corrected chi connectivity index (χ0v) is 13.2. The van der Waals surface area contributed by atoms with Gasteiger partial charge in [0.1, 0.15) is 18.2 Å². The van der Waals surface area contributed by atoms with Gasteiger partial charge in [0, 0.05) is 6.54 Å². The van der Waals surface area contributed by atoms with E-state index in [1.807, 2.05) is 6.92 Å². The Morgan fingerprint density at radius 2 is 2.10 bits per heavy atom. The molecule has 1 aliphatic heterocycles. The van der Waals surface area contributed by atoms with Crippen molar-refractivity contribution in [2.75, 3.05) is 19.7 Å². The molecular weight excluding hydrogens is 269 g/mol. The van der Waals surface area contributed by atoms with Gasteiger partial charge in [0.15, 0.2) is 0 Å². The fourth-order valence-corrected chi connectivity index (χ4v) is 2.54. The van der Waals surface area contributed by atoms with Crippen LogP contribution in [0.25, 0.3) is 0 Å². The monoisotopic (exact) mass is 295 g/mol. The molecule has 118 valence electrons. The van der Waals surface area contributed by atoms with E-state index >= 15 is 0 Å². The van der Waals surface area contributed by atoms with Crippen molar-refractivity contribution in [3.8, 4) is 5.75 Å². The van der Waals surface area contributed by atoms with Crippen LogP contribution in [-0.2, 0) is 4.74 Å². The van der Waals surface area contributed by atoms with E-state index in [0.29, 0.717) is 12.5 Å². The third-order valence-corrected chi connectivity index (χ3v) is 3.68. The van der Waals surface area contributed by atoms with Crippen molar-refractivity contribution < 1.29 is 13.9 Å². The minimum atomic E-state index is -0.228. The first-order chi connectivity index (χ1) is 10.0. The maximum absolute atomic E-state index is 13.0. The third kappa shape index (κ3) is 5.29. The second-order valence-corrected chi connectivity index (χ2v) is 6.23. The van der Waals surface area contributed by atoms with Gasteiger partial charge in [-0.3, -0.25) is 0 Å². The van der Waals surface area contributed by atoms with E-state index in [-0.39, 0.29) is 18.0 Å². The highest BCUT2D eigenvalue weighted by atomic mass is 19.1. The van der Waals surface area contributed by atoms with E-state index in [2.05, 4.69) is 19.2 Å². The van der Waals surface area contributed by atoms with Crippen LogP contribution in [0.4, 0.5) is 4.39 Å². The minimum absolute atomic E-state index is 0.139. The molecule has 0 spiro atoms. The summed E-state index contributed by atoms with van der Waals surface area (Å²) in [4.78, 5) is 0. The molecule has 1 aromatic rings. The molecule has 1 saturated heterocycles. The first-order valence-corrected chi connectivity index (χ1v) is 7.79. The van der Waals surface area contributed by atoms with Gasteiger partial charge in [0.2, 0.25) is 0 Å². The largest absolute Gasteiger partial charge is 0.491 e. The number of halogens is 1. The average molecular weight is 295 g/mol. The second kappa shape index (κ2) is 7.76. The molecule has 1 aromatic carbocycles. The number of hydrogen-bond donors (Lipinski definition) is 1. The summed E-state index contributed by atoms with van der Waals surface area (Å²) >= 11 is 0. The number of benzene rings is 1. The van der Waals surface area contributed by atoms with E-state index in [9.17, 15) is 4.39 Å². The van der Waals surface area contributed by atoms with Crippen molar-refractivity contribution in [2.45, 2.75) is 45.8 Å². The molecule has 1 fully saturated rings. The Kier molecular flexibility index (Phi) is 6.00. The molecule has 0 bridgehead atoms. The lowest BCUT2D eigenvalue weighted by molar-refractivity contribution is 0.0182. The number of nitrogens with one attached hydrogen (secondary N) is 1. The summed E-state index contributed by atoms with van der Waals surface area (Å²) < 4.78 is 24.7. The maximum Gasteiger partial charge on any atom is 0.123 e. The highest BCUT2D eigenvalue weighted by molar-refractivity contribution is 5.32. The molecule has 1 heterocycles. The third-order valence-electron chi connectivity index (χ3n) is 3.68. The van der Waals surface area contributed by atoms with Gasteiger partial charge in [0.05, 0.1) is 12.2 Å². The van der Waals surface area contributed by atoms with Gasteiger partial charge in [-0.05, 0) is 56.0 Å². The van der Waals surface area contributed by atoms with Gasteiger partial charge in [-0.2, -0.15) is 0 Å². The van der Waals surface area contributed by atoms with E-state index in [4.69, 9.17) is 9.47 Å². The number of hydrogen-bond acceptors (Lipinski definition) is 3. The van der Waals surface area contributed by atoms with E-state index in [0.717, 1.165) is 37.2 Å². The molecule has 4 heteroatoms. The number of aryl methyl sites for hydroxylation is 1. The molecule has 0 aromatic heterocycles. The van der Waals surface area contributed by atoms with Crippen LogP contribution in [0.2, 0.25) is 0 Å². The summed E-state index contributed by atoms with van der Waals surface area (Å²) in [7, 11) is 0. The van der Waals surface area contributed by atoms with E-state index in [1.165, 1.54) is 12.1 Å². The average Bonchev–Trinajstić information content (AvgIpc) is 2.85. The topological polar surface area (TPSA) is 30.5 Å². The van der Waals surface area contributed by atoms with Crippen molar-refractivity contribution in [3.63, 3.8) is 0 Å². The fraction of sp³-hybridized carbons (Fsp3) is 0.647. The minimum Gasteiger partial charge on any atom is -0.491 e. The normalized spacial score (nSPS) is 22.0. The Hall–Kier alpha value is -1.13. The van der Waals surface area contributed by atoms with Crippen LogP contribution < -0.4 is 10.1 Å². The Morgan fingerprint density at radius 1 is 1.33 bits per heavy atom. The molecule has 3 nitrogen and oxygen atoms in total. The Bertz CT molecular complexity index is 450. The number of ether oxygens (including phenoxy) is 2. The quantitative estimate of drug-likeness (QED) is 0.837. The Balaban J connectivity index is 1.70. The van der Waals surface area contributed by atoms with Crippen molar-refractivity contribution in [1.29, 1.82) is 0 Å². The van der Waals surface area contributed by atoms with Crippen molar-refractivity contribution in [3.05, 3.63) is 29.6 Å². The van der Waals surface area contributed by atoms with Crippen LogP contribution in [-0.4, -0.2) is 31.9 Å². The Morgan fingerprint density at radius 3 is 2.81 bits per heavy atom. The molecule has 1 aliphatic rings. The lowest BCUT2D eigenvalue weighted by atomic mass is 10.2. The fourth-order valence-electron chi connectivity index (χ4n) is 2.54. The molecule has 2 rings (SSSR count). The highest BCUT2D eigenvalue weighted by Crippen LogP contribution is 2.23. The second-order valence-electron chi connectivity index (χ2n) is 6.23. The molecule has 21 heavy (non-hydrogen) atoms. The molecule has 1 N–H and O–H groups in total. The summed E-state index contributed by atoms with van der Waals surface area (Å²) in [5.74, 6) is 1.17. The van der Waals surface area contributed by atoms with Gasteiger partial charge in [0.25, 0.3) is 0 Å². The predicted molar refractivity (Wildman–Crippen MR) is 82.2 cm³/mol. The van der Waals surface area contributed by atoms with Crippen LogP contribution in [0.3, 0.4) is 0 Å². The van der Waals surface area contributed by atoms with Crippen molar-refractivity contribution >= 4 is 0 Å². The molecule has 0 radical (unpaired) electrons. The molecule has 0 saturated carbocycles.